The molecule has 1 fully saturated rings. The lowest BCUT2D eigenvalue weighted by Crippen LogP contribution is -2.46. The van der Waals surface area contributed by atoms with E-state index in [-0.39, 0.29) is 11.8 Å². The average Bonchev–Trinajstić information content (AvgIpc) is 2.41. The maximum atomic E-state index is 11.4. The molecule has 0 bridgehead atoms. The lowest BCUT2D eigenvalue weighted by molar-refractivity contribution is -0.132. The van der Waals surface area contributed by atoms with Gasteiger partial charge in [0.1, 0.15) is 0 Å². The first kappa shape index (κ1) is 14.5. The first-order valence-electron chi connectivity index (χ1n) is 6.89. The van der Waals surface area contributed by atoms with Crippen molar-refractivity contribution in [3.8, 4) is 0 Å². The van der Waals surface area contributed by atoms with Gasteiger partial charge in [-0.1, -0.05) is 18.2 Å². The number of hydrogen-bond acceptors (Lipinski definition) is 3. The monoisotopic (exact) mass is 275 g/mol. The van der Waals surface area contributed by atoms with Crippen molar-refractivity contribution in [2.24, 2.45) is 0 Å². The number of carbonyl (C=O) groups excluding carboxylic acids is 2. The molecule has 1 heterocycles. The molecule has 2 amide bonds. The van der Waals surface area contributed by atoms with Crippen LogP contribution in [0.3, 0.4) is 0 Å². The van der Waals surface area contributed by atoms with E-state index in [9.17, 15) is 9.59 Å². The molecule has 1 aliphatic heterocycles. The Kier molecular flexibility index (Phi) is 4.74. The van der Waals surface area contributed by atoms with Gasteiger partial charge in [0.05, 0.1) is 0 Å². The Balaban J connectivity index is 1.94. The number of anilines is 1. The minimum Gasteiger partial charge on any atom is -0.344 e. The Bertz CT molecular complexity index is 502. The SMILES string of the molecule is CC(=O)Nc1ccccc1CNC1CCC(=O)N(C)C1. The van der Waals surface area contributed by atoms with E-state index in [1.54, 1.807) is 4.90 Å². The second-order valence-corrected chi connectivity index (χ2v) is 5.23. The van der Waals surface area contributed by atoms with E-state index < -0.39 is 0 Å². The molecular formula is C15H21N3O2. The van der Waals surface area contributed by atoms with Crippen molar-refractivity contribution in [3.05, 3.63) is 29.8 Å². The van der Waals surface area contributed by atoms with E-state index in [2.05, 4.69) is 10.6 Å². The van der Waals surface area contributed by atoms with Crippen LogP contribution in [0.4, 0.5) is 5.69 Å². The number of likely N-dealkylation sites (N-methyl/N-ethyl adjacent to an activating group) is 1. The number of amides is 2. The van der Waals surface area contributed by atoms with E-state index in [4.69, 9.17) is 0 Å². The summed E-state index contributed by atoms with van der Waals surface area (Å²) in [5, 5.41) is 6.29. The molecule has 1 atom stereocenters. The first-order chi connectivity index (χ1) is 9.56. The third kappa shape index (κ3) is 3.81. The maximum absolute atomic E-state index is 11.4. The van der Waals surface area contributed by atoms with Gasteiger partial charge in [0.15, 0.2) is 0 Å². The van der Waals surface area contributed by atoms with E-state index >= 15 is 0 Å². The van der Waals surface area contributed by atoms with Gasteiger partial charge in [0.25, 0.3) is 0 Å². The number of carbonyl (C=O) groups is 2. The molecule has 1 aromatic rings. The van der Waals surface area contributed by atoms with Gasteiger partial charge in [-0.15, -0.1) is 0 Å². The first-order valence-corrected chi connectivity index (χ1v) is 6.89. The predicted molar refractivity (Wildman–Crippen MR) is 78.2 cm³/mol. The molecule has 0 spiro atoms. The van der Waals surface area contributed by atoms with Crippen LogP contribution in [-0.4, -0.2) is 36.3 Å². The lowest BCUT2D eigenvalue weighted by Gasteiger charge is -2.30. The molecular weight excluding hydrogens is 254 g/mol. The molecule has 2 N–H and O–H groups in total. The van der Waals surface area contributed by atoms with E-state index in [0.717, 1.165) is 24.2 Å². The number of para-hydroxylation sites is 1. The average molecular weight is 275 g/mol. The standard InChI is InChI=1S/C15H21N3O2/c1-11(19)17-14-6-4-3-5-12(14)9-16-13-7-8-15(20)18(2)10-13/h3-6,13,16H,7-10H2,1-2H3,(H,17,19). The molecule has 20 heavy (non-hydrogen) atoms. The molecule has 1 saturated heterocycles. The highest BCUT2D eigenvalue weighted by Gasteiger charge is 2.22. The number of nitrogens with one attached hydrogen (secondary N) is 2. The van der Waals surface area contributed by atoms with E-state index in [1.807, 2.05) is 31.3 Å². The summed E-state index contributed by atoms with van der Waals surface area (Å²) >= 11 is 0. The van der Waals surface area contributed by atoms with Crippen LogP contribution in [-0.2, 0) is 16.1 Å². The van der Waals surface area contributed by atoms with Crippen molar-refractivity contribution in [3.63, 3.8) is 0 Å². The summed E-state index contributed by atoms with van der Waals surface area (Å²) in [7, 11) is 1.83. The highest BCUT2D eigenvalue weighted by molar-refractivity contribution is 5.89. The third-order valence-corrected chi connectivity index (χ3v) is 3.54. The summed E-state index contributed by atoms with van der Waals surface area (Å²) < 4.78 is 0. The highest BCUT2D eigenvalue weighted by atomic mass is 16.2. The fourth-order valence-electron chi connectivity index (χ4n) is 2.42. The van der Waals surface area contributed by atoms with E-state index in [1.165, 1.54) is 6.92 Å². The number of likely N-dealkylation sites (tertiary alicyclic amines) is 1. The smallest absolute Gasteiger partial charge is 0.222 e. The molecule has 1 unspecified atom stereocenters. The second-order valence-electron chi connectivity index (χ2n) is 5.23. The molecule has 2 rings (SSSR count). The Morgan fingerprint density at radius 2 is 2.15 bits per heavy atom. The molecule has 0 saturated carbocycles. The van der Waals surface area contributed by atoms with E-state index in [0.29, 0.717) is 19.0 Å². The second kappa shape index (κ2) is 6.52. The van der Waals surface area contributed by atoms with Gasteiger partial charge in [-0.25, -0.2) is 0 Å². The quantitative estimate of drug-likeness (QED) is 0.872. The summed E-state index contributed by atoms with van der Waals surface area (Å²) in [6, 6.07) is 8.06. The summed E-state index contributed by atoms with van der Waals surface area (Å²) in [6.07, 6.45) is 1.47. The van der Waals surface area contributed by atoms with Crippen LogP contribution in [0, 0.1) is 0 Å². The van der Waals surface area contributed by atoms with Crippen molar-refractivity contribution in [1.82, 2.24) is 10.2 Å². The molecule has 5 nitrogen and oxygen atoms in total. The summed E-state index contributed by atoms with van der Waals surface area (Å²) in [6.45, 7) is 2.93. The molecule has 5 heteroatoms. The number of nitrogens with zero attached hydrogens (tertiary/aromatic N) is 1. The fourth-order valence-corrected chi connectivity index (χ4v) is 2.42. The van der Waals surface area contributed by atoms with Crippen LogP contribution < -0.4 is 10.6 Å². The number of benzene rings is 1. The van der Waals surface area contributed by atoms with Crippen molar-refractivity contribution >= 4 is 17.5 Å². The Morgan fingerprint density at radius 3 is 2.85 bits per heavy atom. The summed E-state index contributed by atoms with van der Waals surface area (Å²) in [5.41, 5.74) is 1.90. The predicted octanol–water partition coefficient (Wildman–Crippen LogP) is 1.36. The fraction of sp³-hybridized carbons (Fsp3) is 0.467. The topological polar surface area (TPSA) is 61.4 Å². The molecule has 1 aromatic carbocycles. The van der Waals surface area contributed by atoms with Crippen molar-refractivity contribution in [2.45, 2.75) is 32.4 Å². The zero-order valence-electron chi connectivity index (χ0n) is 12.0. The Labute approximate surface area is 119 Å². The normalized spacial score (nSPS) is 19.0. The maximum Gasteiger partial charge on any atom is 0.222 e. The van der Waals surface area contributed by atoms with Crippen LogP contribution in [0.2, 0.25) is 0 Å². The zero-order valence-corrected chi connectivity index (χ0v) is 12.0. The van der Waals surface area contributed by atoms with Crippen molar-refractivity contribution < 1.29 is 9.59 Å². The highest BCUT2D eigenvalue weighted by Crippen LogP contribution is 2.16. The Morgan fingerprint density at radius 1 is 1.40 bits per heavy atom. The van der Waals surface area contributed by atoms with Gasteiger partial charge in [-0.3, -0.25) is 9.59 Å². The summed E-state index contributed by atoms with van der Waals surface area (Å²) in [5.74, 6) is 0.141. The van der Waals surface area contributed by atoms with Gasteiger partial charge in [-0.2, -0.15) is 0 Å². The molecule has 0 aromatic heterocycles. The summed E-state index contributed by atoms with van der Waals surface area (Å²) in [4.78, 5) is 24.4. The number of rotatable bonds is 4. The molecule has 108 valence electrons. The van der Waals surface area contributed by atoms with Crippen LogP contribution >= 0.6 is 0 Å². The van der Waals surface area contributed by atoms with Gasteiger partial charge < -0.3 is 15.5 Å². The van der Waals surface area contributed by atoms with Crippen LogP contribution in [0.5, 0.6) is 0 Å². The molecule has 0 aliphatic carbocycles. The van der Waals surface area contributed by atoms with Crippen LogP contribution in [0.25, 0.3) is 0 Å². The van der Waals surface area contributed by atoms with Gasteiger partial charge in [0, 0.05) is 45.2 Å². The third-order valence-electron chi connectivity index (χ3n) is 3.54. The van der Waals surface area contributed by atoms with Crippen molar-refractivity contribution in [2.75, 3.05) is 18.9 Å². The van der Waals surface area contributed by atoms with Gasteiger partial charge in [-0.05, 0) is 18.1 Å². The van der Waals surface area contributed by atoms with Crippen LogP contribution in [0.1, 0.15) is 25.3 Å². The largest absolute Gasteiger partial charge is 0.344 e. The van der Waals surface area contributed by atoms with Crippen LogP contribution in [0.15, 0.2) is 24.3 Å². The molecule has 1 aliphatic rings. The number of hydrogen-bond donors (Lipinski definition) is 2. The Hall–Kier alpha value is -1.88. The minimum atomic E-state index is -0.0690. The lowest BCUT2D eigenvalue weighted by atomic mass is 10.0. The zero-order chi connectivity index (χ0) is 14.5. The number of piperidine rings is 1. The van der Waals surface area contributed by atoms with Crippen molar-refractivity contribution in [1.29, 1.82) is 0 Å². The van der Waals surface area contributed by atoms with Gasteiger partial charge >= 0.3 is 0 Å². The minimum absolute atomic E-state index is 0.0690. The van der Waals surface area contributed by atoms with Gasteiger partial charge in [0.2, 0.25) is 11.8 Å². The molecule has 0 radical (unpaired) electrons.